The summed E-state index contributed by atoms with van der Waals surface area (Å²) < 4.78 is 28.9. The standard InChI is InChI=1S/C17H15FN2O5/c1-23-13(21)7-12-15(17(22)24-2)14(10(8-19)16(20)25-12)9-5-3-4-6-11(9)18/h3-6,14H,7,20H2,1-2H3/t14-/m0/s1. The Morgan fingerprint density at radius 1 is 1.32 bits per heavy atom. The van der Waals surface area contributed by atoms with Gasteiger partial charge in [0.1, 0.15) is 29.6 Å². The predicted molar refractivity (Wildman–Crippen MR) is 82.7 cm³/mol. The van der Waals surface area contributed by atoms with E-state index < -0.39 is 30.1 Å². The Kier molecular flexibility index (Phi) is 5.39. The van der Waals surface area contributed by atoms with Gasteiger partial charge in [-0.3, -0.25) is 4.79 Å². The molecule has 0 saturated heterocycles. The first kappa shape index (κ1) is 18.0. The first-order valence-corrected chi connectivity index (χ1v) is 7.14. The minimum Gasteiger partial charge on any atom is -0.469 e. The average Bonchev–Trinajstić information content (AvgIpc) is 2.61. The van der Waals surface area contributed by atoms with Gasteiger partial charge in [-0.25, -0.2) is 9.18 Å². The van der Waals surface area contributed by atoms with E-state index in [1.165, 1.54) is 18.2 Å². The van der Waals surface area contributed by atoms with E-state index in [2.05, 4.69) is 4.74 Å². The highest BCUT2D eigenvalue weighted by molar-refractivity contribution is 5.93. The maximum Gasteiger partial charge on any atom is 0.338 e. The summed E-state index contributed by atoms with van der Waals surface area (Å²) in [7, 11) is 2.29. The number of benzene rings is 1. The fraction of sp³-hybridized carbons (Fsp3) is 0.235. The Labute approximate surface area is 143 Å². The van der Waals surface area contributed by atoms with Gasteiger partial charge in [-0.1, -0.05) is 18.2 Å². The minimum absolute atomic E-state index is 0.0352. The van der Waals surface area contributed by atoms with Gasteiger partial charge < -0.3 is 19.9 Å². The third-order valence-electron chi connectivity index (χ3n) is 3.65. The summed E-state index contributed by atoms with van der Waals surface area (Å²) in [4.78, 5) is 23.9. The van der Waals surface area contributed by atoms with Gasteiger partial charge in [-0.2, -0.15) is 5.26 Å². The number of methoxy groups -OCH3 is 2. The fourth-order valence-corrected chi connectivity index (χ4v) is 2.51. The molecule has 25 heavy (non-hydrogen) atoms. The Balaban J connectivity index is 2.72. The van der Waals surface area contributed by atoms with Gasteiger partial charge in [-0.05, 0) is 6.07 Å². The second-order valence-corrected chi connectivity index (χ2v) is 5.03. The van der Waals surface area contributed by atoms with Crippen molar-refractivity contribution in [3.05, 3.63) is 58.4 Å². The lowest BCUT2D eigenvalue weighted by molar-refractivity contribution is -0.140. The number of nitrogens with zero attached hydrogens (tertiary/aromatic N) is 1. The van der Waals surface area contributed by atoms with Crippen LogP contribution in [0.5, 0.6) is 0 Å². The first-order chi connectivity index (χ1) is 11.9. The molecule has 0 aliphatic carbocycles. The molecule has 1 heterocycles. The van der Waals surface area contributed by atoms with Crippen molar-refractivity contribution in [3.63, 3.8) is 0 Å². The number of rotatable bonds is 4. The second kappa shape index (κ2) is 7.49. The highest BCUT2D eigenvalue weighted by Gasteiger charge is 2.39. The SMILES string of the molecule is COC(=O)CC1=C(C(=O)OC)[C@@H](c2ccccc2F)C(C#N)=C(N)O1. The summed E-state index contributed by atoms with van der Waals surface area (Å²) in [5.41, 5.74) is 5.46. The summed E-state index contributed by atoms with van der Waals surface area (Å²) in [6.07, 6.45) is -0.425. The normalized spacial score (nSPS) is 16.8. The Bertz CT molecular complexity index is 823. The van der Waals surface area contributed by atoms with Gasteiger partial charge >= 0.3 is 11.9 Å². The lowest BCUT2D eigenvalue weighted by Crippen LogP contribution is -2.27. The van der Waals surface area contributed by atoms with E-state index in [0.29, 0.717) is 0 Å². The van der Waals surface area contributed by atoms with Gasteiger partial charge in [0.15, 0.2) is 0 Å². The smallest absolute Gasteiger partial charge is 0.338 e. The van der Waals surface area contributed by atoms with Crippen LogP contribution in [-0.4, -0.2) is 26.2 Å². The first-order valence-electron chi connectivity index (χ1n) is 7.14. The van der Waals surface area contributed by atoms with Crippen LogP contribution in [0.2, 0.25) is 0 Å². The molecule has 1 aromatic rings. The predicted octanol–water partition coefficient (Wildman–Crippen LogP) is 1.62. The molecule has 1 atom stereocenters. The minimum atomic E-state index is -1.16. The van der Waals surface area contributed by atoms with Gasteiger partial charge in [0.25, 0.3) is 0 Å². The number of carbonyl (C=O) groups is 2. The highest BCUT2D eigenvalue weighted by Crippen LogP contribution is 2.41. The van der Waals surface area contributed by atoms with Crippen LogP contribution in [0.3, 0.4) is 0 Å². The zero-order valence-electron chi connectivity index (χ0n) is 13.5. The molecule has 7 nitrogen and oxygen atoms in total. The third-order valence-corrected chi connectivity index (χ3v) is 3.65. The molecule has 0 bridgehead atoms. The summed E-state index contributed by atoms with van der Waals surface area (Å²) >= 11 is 0. The molecule has 0 saturated carbocycles. The summed E-state index contributed by atoms with van der Waals surface area (Å²) in [5, 5.41) is 9.41. The van der Waals surface area contributed by atoms with Crippen LogP contribution in [-0.2, 0) is 23.8 Å². The number of carbonyl (C=O) groups excluding carboxylic acids is 2. The average molecular weight is 346 g/mol. The van der Waals surface area contributed by atoms with Crippen LogP contribution >= 0.6 is 0 Å². The molecule has 0 unspecified atom stereocenters. The summed E-state index contributed by atoms with van der Waals surface area (Å²) in [6, 6.07) is 7.44. The zero-order chi connectivity index (χ0) is 18.6. The second-order valence-electron chi connectivity index (χ2n) is 5.03. The maximum absolute atomic E-state index is 14.3. The van der Waals surface area contributed by atoms with Crippen molar-refractivity contribution >= 4 is 11.9 Å². The molecule has 2 N–H and O–H groups in total. The molecule has 0 amide bonds. The fourth-order valence-electron chi connectivity index (χ4n) is 2.51. The van der Waals surface area contributed by atoms with Crippen LogP contribution in [0.4, 0.5) is 4.39 Å². The van der Waals surface area contributed by atoms with E-state index in [4.69, 9.17) is 15.2 Å². The van der Waals surface area contributed by atoms with Crippen molar-refractivity contribution in [1.29, 1.82) is 5.26 Å². The Morgan fingerprint density at radius 3 is 2.56 bits per heavy atom. The van der Waals surface area contributed by atoms with Crippen LogP contribution in [0.25, 0.3) is 0 Å². The van der Waals surface area contributed by atoms with Crippen molar-refractivity contribution in [3.8, 4) is 6.07 Å². The number of hydrogen-bond donors (Lipinski definition) is 1. The molecule has 1 aliphatic heterocycles. The number of hydrogen-bond acceptors (Lipinski definition) is 7. The lowest BCUT2D eigenvalue weighted by atomic mass is 9.82. The van der Waals surface area contributed by atoms with Crippen molar-refractivity contribution in [2.75, 3.05) is 14.2 Å². The van der Waals surface area contributed by atoms with E-state index in [1.54, 1.807) is 6.07 Å². The van der Waals surface area contributed by atoms with Gasteiger partial charge in [0, 0.05) is 5.56 Å². The van der Waals surface area contributed by atoms with E-state index in [1.807, 2.05) is 6.07 Å². The maximum atomic E-state index is 14.3. The highest BCUT2D eigenvalue weighted by atomic mass is 19.1. The number of halogens is 1. The van der Waals surface area contributed by atoms with Crippen molar-refractivity contribution in [1.82, 2.24) is 0 Å². The number of nitriles is 1. The largest absolute Gasteiger partial charge is 0.469 e. The molecule has 0 aromatic heterocycles. The van der Waals surface area contributed by atoms with Crippen molar-refractivity contribution in [2.45, 2.75) is 12.3 Å². The van der Waals surface area contributed by atoms with E-state index in [0.717, 1.165) is 14.2 Å². The topological polar surface area (TPSA) is 112 Å². The lowest BCUT2D eigenvalue weighted by Gasteiger charge is -2.27. The summed E-state index contributed by atoms with van der Waals surface area (Å²) in [5.74, 6) is -3.84. The van der Waals surface area contributed by atoms with Crippen molar-refractivity contribution < 1.29 is 28.2 Å². The van der Waals surface area contributed by atoms with Crippen LogP contribution in [0, 0.1) is 17.1 Å². The third kappa shape index (κ3) is 3.45. The van der Waals surface area contributed by atoms with Crippen LogP contribution in [0.1, 0.15) is 17.9 Å². The molecule has 1 aromatic carbocycles. The monoisotopic (exact) mass is 346 g/mol. The Hall–Kier alpha value is -3.34. The molecule has 2 rings (SSSR count). The van der Waals surface area contributed by atoms with Crippen LogP contribution < -0.4 is 5.73 Å². The Morgan fingerprint density at radius 2 is 2.00 bits per heavy atom. The van der Waals surface area contributed by atoms with Crippen LogP contribution in [0.15, 0.2) is 47.1 Å². The quantitative estimate of drug-likeness (QED) is 0.825. The number of esters is 2. The molecule has 130 valence electrons. The van der Waals surface area contributed by atoms with Gasteiger partial charge in [0.05, 0.1) is 25.7 Å². The number of ether oxygens (including phenoxy) is 3. The molecule has 8 heteroatoms. The molecule has 0 radical (unpaired) electrons. The zero-order valence-corrected chi connectivity index (χ0v) is 13.5. The van der Waals surface area contributed by atoms with E-state index >= 15 is 0 Å². The van der Waals surface area contributed by atoms with Gasteiger partial charge in [0.2, 0.25) is 5.88 Å². The van der Waals surface area contributed by atoms with E-state index in [-0.39, 0.29) is 28.4 Å². The van der Waals surface area contributed by atoms with Crippen molar-refractivity contribution in [2.24, 2.45) is 5.73 Å². The number of nitrogens with two attached hydrogens (primary N) is 1. The molecular formula is C17H15FN2O5. The molecular weight excluding hydrogens is 331 g/mol. The number of allylic oxidation sites excluding steroid dienone is 1. The molecule has 0 fully saturated rings. The molecule has 0 spiro atoms. The van der Waals surface area contributed by atoms with Gasteiger partial charge in [-0.15, -0.1) is 0 Å². The summed E-state index contributed by atoms with van der Waals surface area (Å²) in [6.45, 7) is 0. The molecule has 1 aliphatic rings. The van der Waals surface area contributed by atoms with E-state index in [9.17, 15) is 19.2 Å².